The van der Waals surface area contributed by atoms with Crippen LogP contribution in [-0.2, 0) is 4.74 Å². The van der Waals surface area contributed by atoms with Crippen LogP contribution in [0.1, 0.15) is 32.4 Å². The van der Waals surface area contributed by atoms with Gasteiger partial charge in [-0.2, -0.15) is 10.2 Å². The molecule has 0 aliphatic heterocycles. The zero-order valence-corrected chi connectivity index (χ0v) is 16.0. The minimum absolute atomic E-state index is 0.212. The maximum absolute atomic E-state index is 10.4. The van der Waals surface area contributed by atoms with Crippen LogP contribution in [0.25, 0.3) is 28.1 Å². The zero-order valence-electron chi connectivity index (χ0n) is 16.0. The molecule has 3 heterocycles. The number of fused-ring (bicyclic) bond motifs is 1. The fraction of sp³-hybridized carbons (Fsp3) is 0.300. The Balaban J connectivity index is 1.63. The number of ether oxygens (including phenoxy) is 1. The first kappa shape index (κ1) is 18.3. The second kappa shape index (κ2) is 7.14. The molecular weight excluding hydrogens is 356 g/mol. The molecule has 0 spiro atoms. The lowest BCUT2D eigenvalue weighted by Gasteiger charge is -2.22. The van der Waals surface area contributed by atoms with Gasteiger partial charge < -0.3 is 9.84 Å². The number of rotatable bonds is 5. The van der Waals surface area contributed by atoms with Gasteiger partial charge in [0.05, 0.1) is 24.1 Å². The molecule has 0 amide bonds. The highest BCUT2D eigenvalue weighted by atomic mass is 16.5. The fourth-order valence-corrected chi connectivity index (χ4v) is 2.86. The molecule has 0 saturated heterocycles. The van der Waals surface area contributed by atoms with Gasteiger partial charge in [0.2, 0.25) is 0 Å². The number of pyridine rings is 1. The number of nitrogens with zero attached hydrogens (tertiary/aromatic N) is 5. The van der Waals surface area contributed by atoms with Crippen LogP contribution in [0, 0.1) is 0 Å². The number of H-pyrrole nitrogens is 1. The van der Waals surface area contributed by atoms with Gasteiger partial charge in [0.1, 0.15) is 12.4 Å². The van der Waals surface area contributed by atoms with Gasteiger partial charge in [-0.15, -0.1) is 0 Å². The van der Waals surface area contributed by atoms with Crippen molar-refractivity contribution >= 4 is 11.0 Å². The number of aromatic amines is 1. The predicted molar refractivity (Wildman–Crippen MR) is 105 cm³/mol. The first-order chi connectivity index (χ1) is 13.4. The number of nitrogens with one attached hydrogen (secondary N) is 1. The summed E-state index contributed by atoms with van der Waals surface area (Å²) < 4.78 is 7.43. The molecule has 0 aliphatic carbocycles. The molecule has 28 heavy (non-hydrogen) atoms. The van der Waals surface area contributed by atoms with Crippen LogP contribution < -0.4 is 0 Å². The summed E-state index contributed by atoms with van der Waals surface area (Å²) >= 11 is 0. The molecule has 8 heteroatoms. The van der Waals surface area contributed by atoms with Gasteiger partial charge in [-0.05, 0) is 39.0 Å². The largest absolute Gasteiger partial charge is 0.386 e. The van der Waals surface area contributed by atoms with Crippen LogP contribution in [0.4, 0.5) is 0 Å². The van der Waals surface area contributed by atoms with Crippen molar-refractivity contribution in [1.29, 1.82) is 0 Å². The number of aliphatic hydroxyl groups is 1. The van der Waals surface area contributed by atoms with Crippen molar-refractivity contribution in [2.75, 3.05) is 6.61 Å². The van der Waals surface area contributed by atoms with E-state index >= 15 is 0 Å². The maximum atomic E-state index is 10.4. The van der Waals surface area contributed by atoms with Gasteiger partial charge in [-0.1, -0.05) is 12.1 Å². The van der Waals surface area contributed by atoms with Crippen LogP contribution in [0.3, 0.4) is 0 Å². The lowest BCUT2D eigenvalue weighted by Crippen LogP contribution is -2.22. The maximum Gasteiger partial charge on any atom is 0.162 e. The van der Waals surface area contributed by atoms with Gasteiger partial charge in [0.15, 0.2) is 11.5 Å². The van der Waals surface area contributed by atoms with E-state index in [0.29, 0.717) is 17.0 Å². The Morgan fingerprint density at radius 2 is 2.04 bits per heavy atom. The molecule has 0 aliphatic rings. The summed E-state index contributed by atoms with van der Waals surface area (Å²) in [6.07, 6.45) is 4.14. The molecule has 8 nitrogen and oxygen atoms in total. The highest BCUT2D eigenvalue weighted by Crippen LogP contribution is 2.24. The monoisotopic (exact) mass is 378 g/mol. The SMILES string of the molecule is CC(C)(C)OC[C@@H](O)c1cnc2c(cnn2-c2cccc(-c3ncn[nH]3)c2)c1. The summed E-state index contributed by atoms with van der Waals surface area (Å²) in [5.74, 6) is 0.690. The van der Waals surface area contributed by atoms with Crippen LogP contribution in [0.5, 0.6) is 0 Å². The van der Waals surface area contributed by atoms with Crippen molar-refractivity contribution in [3.8, 4) is 17.1 Å². The van der Waals surface area contributed by atoms with Crippen molar-refractivity contribution in [3.63, 3.8) is 0 Å². The second-order valence-corrected chi connectivity index (χ2v) is 7.56. The summed E-state index contributed by atoms with van der Waals surface area (Å²) in [5, 5.41) is 22.5. The van der Waals surface area contributed by atoms with Gasteiger partial charge in [0.25, 0.3) is 0 Å². The first-order valence-corrected chi connectivity index (χ1v) is 9.02. The molecule has 1 aromatic carbocycles. The van der Waals surface area contributed by atoms with Gasteiger partial charge in [0, 0.05) is 22.7 Å². The van der Waals surface area contributed by atoms with Crippen LogP contribution >= 0.6 is 0 Å². The molecule has 4 rings (SSSR count). The third-order valence-electron chi connectivity index (χ3n) is 4.27. The molecule has 0 saturated carbocycles. The standard InChI is InChI=1S/C20H22N6O2/c1-20(2,3)28-11-17(27)14-7-15-10-24-26(19(15)21-9-14)16-6-4-5-13(8-16)18-22-12-23-25-18/h4-10,12,17,27H,11H2,1-3H3,(H,22,23,25)/t17-/m1/s1. The van der Waals surface area contributed by atoms with Crippen molar-refractivity contribution in [2.24, 2.45) is 0 Å². The Bertz CT molecular complexity index is 1080. The Hall–Kier alpha value is -3.10. The van der Waals surface area contributed by atoms with Crippen LogP contribution in [0.15, 0.2) is 49.1 Å². The molecule has 1 atom stereocenters. The van der Waals surface area contributed by atoms with E-state index in [-0.39, 0.29) is 12.2 Å². The topological polar surface area (TPSA) is 102 Å². The van der Waals surface area contributed by atoms with Gasteiger partial charge in [-0.25, -0.2) is 14.6 Å². The number of hydrogen-bond acceptors (Lipinski definition) is 6. The summed E-state index contributed by atoms with van der Waals surface area (Å²) in [7, 11) is 0. The van der Waals surface area contributed by atoms with Crippen molar-refractivity contribution in [1.82, 2.24) is 29.9 Å². The van der Waals surface area contributed by atoms with E-state index in [0.717, 1.165) is 16.6 Å². The lowest BCUT2D eigenvalue weighted by atomic mass is 10.1. The smallest absolute Gasteiger partial charge is 0.162 e. The normalized spacial score (nSPS) is 13.1. The van der Waals surface area contributed by atoms with Crippen LogP contribution in [0.2, 0.25) is 0 Å². The third kappa shape index (κ3) is 3.78. The molecule has 0 radical (unpaired) electrons. The minimum Gasteiger partial charge on any atom is -0.386 e. The van der Waals surface area contributed by atoms with E-state index < -0.39 is 6.10 Å². The van der Waals surface area contributed by atoms with Crippen molar-refractivity contribution < 1.29 is 9.84 Å². The molecule has 2 N–H and O–H groups in total. The number of aromatic nitrogens is 6. The average molecular weight is 378 g/mol. The first-order valence-electron chi connectivity index (χ1n) is 9.02. The van der Waals surface area contributed by atoms with Gasteiger partial charge >= 0.3 is 0 Å². The molecule has 0 bridgehead atoms. The predicted octanol–water partition coefficient (Wildman–Crippen LogP) is 3.05. The minimum atomic E-state index is -0.741. The molecule has 144 valence electrons. The van der Waals surface area contributed by atoms with Gasteiger partial charge in [-0.3, -0.25) is 5.10 Å². The highest BCUT2D eigenvalue weighted by Gasteiger charge is 2.17. The molecule has 0 fully saturated rings. The lowest BCUT2D eigenvalue weighted by molar-refractivity contribution is -0.0496. The highest BCUT2D eigenvalue weighted by molar-refractivity contribution is 5.77. The van der Waals surface area contributed by atoms with Crippen molar-refractivity contribution in [2.45, 2.75) is 32.5 Å². The van der Waals surface area contributed by atoms with E-state index in [1.54, 1.807) is 17.1 Å². The molecule has 0 unspecified atom stereocenters. The van der Waals surface area contributed by atoms with E-state index in [9.17, 15) is 5.11 Å². The van der Waals surface area contributed by atoms with E-state index in [1.165, 1.54) is 6.33 Å². The number of benzene rings is 1. The van der Waals surface area contributed by atoms with E-state index in [4.69, 9.17) is 4.74 Å². The fourth-order valence-electron chi connectivity index (χ4n) is 2.86. The Kier molecular flexibility index (Phi) is 4.66. The quantitative estimate of drug-likeness (QED) is 0.553. The average Bonchev–Trinajstić information content (AvgIpc) is 3.35. The van der Waals surface area contributed by atoms with E-state index in [1.807, 2.05) is 51.1 Å². The second-order valence-electron chi connectivity index (χ2n) is 7.56. The zero-order chi connectivity index (χ0) is 19.7. The summed E-state index contributed by atoms with van der Waals surface area (Å²) in [5.41, 5.74) is 2.87. The number of hydrogen-bond donors (Lipinski definition) is 2. The molecule has 3 aromatic heterocycles. The number of aliphatic hydroxyl groups excluding tert-OH is 1. The van der Waals surface area contributed by atoms with Crippen molar-refractivity contribution in [3.05, 3.63) is 54.6 Å². The summed E-state index contributed by atoms with van der Waals surface area (Å²) in [6, 6.07) is 9.70. The summed E-state index contributed by atoms with van der Waals surface area (Å²) in [4.78, 5) is 8.71. The Labute approximate surface area is 162 Å². The van der Waals surface area contributed by atoms with E-state index in [2.05, 4.69) is 25.3 Å². The Morgan fingerprint density at radius 1 is 1.18 bits per heavy atom. The summed E-state index contributed by atoms with van der Waals surface area (Å²) in [6.45, 7) is 6.08. The van der Waals surface area contributed by atoms with Crippen LogP contribution in [-0.4, -0.2) is 47.3 Å². The molecule has 4 aromatic rings. The molecular formula is C20H22N6O2. The third-order valence-corrected chi connectivity index (χ3v) is 4.27. The Morgan fingerprint density at radius 3 is 2.79 bits per heavy atom.